The largest absolute Gasteiger partial charge is 0.321 e. The smallest absolute Gasteiger partial charge is 0.257 e. The number of halogens is 2. The zero-order valence-electron chi connectivity index (χ0n) is 12.2. The van der Waals surface area contributed by atoms with Crippen molar-refractivity contribution in [3.05, 3.63) is 74.3 Å². The molecule has 0 aliphatic carbocycles. The summed E-state index contributed by atoms with van der Waals surface area (Å²) >= 11 is 13.6. The Labute approximate surface area is 151 Å². The first kappa shape index (κ1) is 15.4. The molecule has 0 bridgehead atoms. The van der Waals surface area contributed by atoms with Crippen LogP contribution in [-0.4, -0.2) is 9.97 Å². The Morgan fingerprint density at radius 3 is 2.67 bits per heavy atom. The highest BCUT2D eigenvalue weighted by Gasteiger charge is 2.13. The summed E-state index contributed by atoms with van der Waals surface area (Å²) in [6.45, 7) is 0. The maximum atomic E-state index is 12.4. The lowest BCUT2D eigenvalue weighted by Crippen LogP contribution is -2.08. The Morgan fingerprint density at radius 1 is 1.00 bits per heavy atom. The molecule has 0 amide bonds. The third-order valence-electron chi connectivity index (χ3n) is 3.70. The lowest BCUT2D eigenvalue weighted by atomic mass is 10.1. The number of H-pyrrole nitrogens is 1. The SMILES string of the molecule is O=c1[nH]c2ccccc2cc1-c1csc(-c2ccc(Cl)cc2Cl)n1. The molecule has 0 saturated carbocycles. The Morgan fingerprint density at radius 2 is 1.83 bits per heavy atom. The van der Waals surface area contributed by atoms with E-state index in [1.807, 2.05) is 41.8 Å². The molecular weight excluding hydrogens is 363 g/mol. The van der Waals surface area contributed by atoms with Gasteiger partial charge in [-0.1, -0.05) is 41.4 Å². The van der Waals surface area contributed by atoms with Gasteiger partial charge in [0, 0.05) is 21.5 Å². The number of hydrogen-bond acceptors (Lipinski definition) is 3. The highest BCUT2D eigenvalue weighted by molar-refractivity contribution is 7.13. The van der Waals surface area contributed by atoms with Crippen molar-refractivity contribution in [3.63, 3.8) is 0 Å². The second kappa shape index (κ2) is 6.06. The number of nitrogens with one attached hydrogen (secondary N) is 1. The highest BCUT2D eigenvalue weighted by Crippen LogP contribution is 2.34. The van der Waals surface area contributed by atoms with E-state index in [0.29, 0.717) is 21.3 Å². The van der Waals surface area contributed by atoms with E-state index in [2.05, 4.69) is 9.97 Å². The normalized spacial score (nSPS) is 11.1. The highest BCUT2D eigenvalue weighted by atomic mass is 35.5. The standard InChI is InChI=1S/C18H10Cl2N2OS/c19-11-5-6-12(14(20)8-11)18-22-16(9-24-18)13-7-10-3-1-2-4-15(10)21-17(13)23/h1-9H,(H,21,23). The second-order valence-electron chi connectivity index (χ2n) is 5.26. The van der Waals surface area contributed by atoms with Crippen LogP contribution in [-0.2, 0) is 0 Å². The van der Waals surface area contributed by atoms with Crippen LogP contribution >= 0.6 is 34.5 Å². The summed E-state index contributed by atoms with van der Waals surface area (Å²) in [4.78, 5) is 19.8. The third kappa shape index (κ3) is 2.73. The van der Waals surface area contributed by atoms with Crippen LogP contribution in [0.5, 0.6) is 0 Å². The van der Waals surface area contributed by atoms with Gasteiger partial charge in [-0.2, -0.15) is 0 Å². The summed E-state index contributed by atoms with van der Waals surface area (Å²) in [5, 5.41) is 4.69. The summed E-state index contributed by atoms with van der Waals surface area (Å²) in [7, 11) is 0. The molecule has 0 aliphatic heterocycles. The lowest BCUT2D eigenvalue weighted by Gasteiger charge is -2.02. The van der Waals surface area contributed by atoms with E-state index in [4.69, 9.17) is 23.2 Å². The predicted molar refractivity (Wildman–Crippen MR) is 101 cm³/mol. The van der Waals surface area contributed by atoms with E-state index in [9.17, 15) is 4.79 Å². The summed E-state index contributed by atoms with van der Waals surface area (Å²) in [6, 6.07) is 14.8. The lowest BCUT2D eigenvalue weighted by molar-refractivity contribution is 1.28. The van der Waals surface area contributed by atoms with Gasteiger partial charge in [0.1, 0.15) is 5.01 Å². The topological polar surface area (TPSA) is 45.8 Å². The number of fused-ring (bicyclic) bond motifs is 1. The number of pyridine rings is 1. The fourth-order valence-electron chi connectivity index (χ4n) is 2.52. The molecule has 0 unspecified atom stereocenters. The van der Waals surface area contributed by atoms with Crippen LogP contribution in [0.15, 0.2) is 58.7 Å². The van der Waals surface area contributed by atoms with Gasteiger partial charge in [0.2, 0.25) is 0 Å². The van der Waals surface area contributed by atoms with Crippen molar-refractivity contribution in [2.24, 2.45) is 0 Å². The van der Waals surface area contributed by atoms with Gasteiger partial charge >= 0.3 is 0 Å². The van der Waals surface area contributed by atoms with Gasteiger partial charge in [-0.25, -0.2) is 4.98 Å². The first-order valence-electron chi connectivity index (χ1n) is 7.15. The van der Waals surface area contributed by atoms with Crippen LogP contribution in [0.1, 0.15) is 0 Å². The van der Waals surface area contributed by atoms with Crippen molar-refractivity contribution in [2.75, 3.05) is 0 Å². The van der Waals surface area contributed by atoms with E-state index in [1.165, 1.54) is 11.3 Å². The zero-order chi connectivity index (χ0) is 16.7. The van der Waals surface area contributed by atoms with Gasteiger partial charge in [0.25, 0.3) is 5.56 Å². The van der Waals surface area contributed by atoms with Crippen molar-refractivity contribution in [1.29, 1.82) is 0 Å². The van der Waals surface area contributed by atoms with Gasteiger partial charge in [-0.15, -0.1) is 11.3 Å². The van der Waals surface area contributed by atoms with Crippen LogP contribution in [0, 0.1) is 0 Å². The predicted octanol–water partition coefficient (Wildman–Crippen LogP) is 5.63. The molecule has 2 aromatic heterocycles. The van der Waals surface area contributed by atoms with Crippen molar-refractivity contribution < 1.29 is 0 Å². The first-order chi connectivity index (χ1) is 11.6. The molecule has 2 heterocycles. The quantitative estimate of drug-likeness (QED) is 0.495. The summed E-state index contributed by atoms with van der Waals surface area (Å²) in [5.74, 6) is 0. The molecule has 3 nitrogen and oxygen atoms in total. The van der Waals surface area contributed by atoms with Gasteiger partial charge in [0.15, 0.2) is 0 Å². The molecule has 0 saturated heterocycles. The minimum absolute atomic E-state index is 0.159. The Balaban J connectivity index is 1.83. The number of aromatic amines is 1. The van der Waals surface area contributed by atoms with E-state index in [1.54, 1.807) is 12.1 Å². The molecule has 0 fully saturated rings. The maximum absolute atomic E-state index is 12.4. The summed E-state index contributed by atoms with van der Waals surface area (Å²) < 4.78 is 0. The van der Waals surface area contributed by atoms with Gasteiger partial charge in [-0.05, 0) is 35.7 Å². The number of nitrogens with zero attached hydrogens (tertiary/aromatic N) is 1. The van der Waals surface area contributed by atoms with Crippen LogP contribution in [0.3, 0.4) is 0 Å². The van der Waals surface area contributed by atoms with Crippen LogP contribution in [0.25, 0.3) is 32.7 Å². The average Bonchev–Trinajstić information content (AvgIpc) is 3.03. The molecule has 2 aromatic carbocycles. The molecule has 0 atom stereocenters. The van der Waals surface area contributed by atoms with E-state index in [0.717, 1.165) is 21.5 Å². The number of aromatic nitrogens is 2. The van der Waals surface area contributed by atoms with E-state index >= 15 is 0 Å². The molecule has 4 rings (SSSR count). The van der Waals surface area contributed by atoms with Gasteiger partial charge in [0.05, 0.1) is 16.3 Å². The summed E-state index contributed by atoms with van der Waals surface area (Å²) in [5.41, 5.74) is 2.62. The maximum Gasteiger partial charge on any atom is 0.257 e. The Bertz CT molecular complexity index is 1120. The fourth-order valence-corrected chi connectivity index (χ4v) is 3.93. The van der Waals surface area contributed by atoms with Gasteiger partial charge in [-0.3, -0.25) is 4.79 Å². The zero-order valence-corrected chi connectivity index (χ0v) is 14.5. The number of hydrogen-bond donors (Lipinski definition) is 1. The average molecular weight is 373 g/mol. The molecular formula is C18H10Cl2N2OS. The first-order valence-corrected chi connectivity index (χ1v) is 8.79. The number of rotatable bonds is 2. The molecule has 118 valence electrons. The van der Waals surface area contributed by atoms with Crippen molar-refractivity contribution >= 4 is 45.4 Å². The molecule has 0 radical (unpaired) electrons. The minimum Gasteiger partial charge on any atom is -0.321 e. The van der Waals surface area contributed by atoms with Crippen LogP contribution < -0.4 is 5.56 Å². The number of benzene rings is 2. The molecule has 0 spiro atoms. The molecule has 1 N–H and O–H groups in total. The van der Waals surface area contributed by atoms with Crippen molar-refractivity contribution in [3.8, 4) is 21.8 Å². The third-order valence-corrected chi connectivity index (χ3v) is 5.12. The number of thiazole rings is 1. The van der Waals surface area contributed by atoms with Crippen LogP contribution in [0.2, 0.25) is 10.0 Å². The Kier molecular flexibility index (Phi) is 3.88. The molecule has 24 heavy (non-hydrogen) atoms. The van der Waals surface area contributed by atoms with E-state index < -0.39 is 0 Å². The van der Waals surface area contributed by atoms with Crippen LogP contribution in [0.4, 0.5) is 0 Å². The molecule has 4 aromatic rings. The van der Waals surface area contributed by atoms with Crippen molar-refractivity contribution in [1.82, 2.24) is 9.97 Å². The van der Waals surface area contributed by atoms with Gasteiger partial charge < -0.3 is 4.98 Å². The fraction of sp³-hybridized carbons (Fsp3) is 0. The second-order valence-corrected chi connectivity index (χ2v) is 6.96. The van der Waals surface area contributed by atoms with E-state index in [-0.39, 0.29) is 5.56 Å². The molecule has 0 aliphatic rings. The minimum atomic E-state index is -0.159. The molecule has 6 heteroatoms. The number of para-hydroxylation sites is 1. The van der Waals surface area contributed by atoms with Crippen molar-refractivity contribution in [2.45, 2.75) is 0 Å². The Hall–Kier alpha value is -2.14. The summed E-state index contributed by atoms with van der Waals surface area (Å²) in [6.07, 6.45) is 0. The monoisotopic (exact) mass is 372 g/mol.